The Morgan fingerprint density at radius 1 is 1.19 bits per heavy atom. The maximum atomic E-state index is 12.3. The molecule has 0 unspecified atom stereocenters. The molecule has 0 aliphatic heterocycles. The fraction of sp³-hybridized carbons (Fsp3) is 0.300. The molecule has 0 radical (unpaired) electrons. The van der Waals surface area contributed by atoms with Crippen LogP contribution in [0.4, 0.5) is 19.1 Å². The Bertz CT molecular complexity index is 1070. The van der Waals surface area contributed by atoms with E-state index in [2.05, 4.69) is 25.0 Å². The van der Waals surface area contributed by atoms with Crippen LogP contribution in [0.3, 0.4) is 0 Å². The van der Waals surface area contributed by atoms with Crippen LogP contribution < -0.4 is 10.1 Å². The van der Waals surface area contributed by atoms with E-state index in [9.17, 15) is 23.1 Å². The number of hydrogen-bond acceptors (Lipinski definition) is 8. The maximum absolute atomic E-state index is 12.3. The minimum absolute atomic E-state index is 0.304. The lowest BCUT2D eigenvalue weighted by molar-refractivity contribution is -0.274. The summed E-state index contributed by atoms with van der Waals surface area (Å²) in [5.41, 5.74) is 1.99. The van der Waals surface area contributed by atoms with E-state index in [1.54, 1.807) is 26.1 Å². The van der Waals surface area contributed by atoms with Crippen molar-refractivity contribution in [3.63, 3.8) is 0 Å². The van der Waals surface area contributed by atoms with Crippen LogP contribution in [0.15, 0.2) is 46.2 Å². The molecule has 0 aliphatic rings. The minimum atomic E-state index is -4.74. The number of aromatic nitrogens is 3. The van der Waals surface area contributed by atoms with Gasteiger partial charge in [0.25, 0.3) is 0 Å². The lowest BCUT2D eigenvalue weighted by Crippen LogP contribution is -2.26. The van der Waals surface area contributed by atoms with Crippen LogP contribution in [-0.2, 0) is 11.2 Å². The molecule has 170 valence electrons. The first-order chi connectivity index (χ1) is 15.0. The van der Waals surface area contributed by atoms with Crippen molar-refractivity contribution in [1.29, 1.82) is 0 Å². The number of ether oxygens (including phenoxy) is 1. The van der Waals surface area contributed by atoms with Crippen molar-refractivity contribution in [2.45, 2.75) is 35.7 Å². The van der Waals surface area contributed by atoms with Gasteiger partial charge in [-0.15, -0.1) is 24.5 Å². The van der Waals surface area contributed by atoms with Gasteiger partial charge in [0.2, 0.25) is 5.95 Å². The summed E-state index contributed by atoms with van der Waals surface area (Å²) >= 11 is 2.59. The van der Waals surface area contributed by atoms with Gasteiger partial charge >= 0.3 is 12.3 Å². The summed E-state index contributed by atoms with van der Waals surface area (Å²) in [6, 6.07) is 7.07. The number of nitrogens with one attached hydrogen (secondary N) is 1. The van der Waals surface area contributed by atoms with E-state index >= 15 is 0 Å². The number of benzene rings is 1. The zero-order valence-electron chi connectivity index (χ0n) is 17.0. The van der Waals surface area contributed by atoms with Crippen molar-refractivity contribution in [1.82, 2.24) is 15.0 Å². The van der Waals surface area contributed by atoms with E-state index in [-0.39, 0.29) is 5.75 Å². The lowest BCUT2D eigenvalue weighted by atomic mass is 10.1. The molecule has 0 amide bonds. The van der Waals surface area contributed by atoms with Crippen molar-refractivity contribution in [3.8, 4) is 17.0 Å². The number of aliphatic carboxylic acids is 1. The van der Waals surface area contributed by atoms with Crippen LogP contribution in [0.25, 0.3) is 11.3 Å². The van der Waals surface area contributed by atoms with Gasteiger partial charge in [0, 0.05) is 30.1 Å². The van der Waals surface area contributed by atoms with E-state index in [1.807, 2.05) is 5.38 Å². The third-order valence-electron chi connectivity index (χ3n) is 4.09. The van der Waals surface area contributed by atoms with Gasteiger partial charge in [0.1, 0.15) is 10.5 Å². The number of anilines is 1. The van der Waals surface area contributed by atoms with Crippen molar-refractivity contribution >= 4 is 35.0 Å². The topological polar surface area (TPSA) is 97.2 Å². The molecule has 3 aromatic rings. The molecule has 0 atom stereocenters. The second-order valence-electron chi connectivity index (χ2n) is 7.04. The number of rotatable bonds is 9. The predicted molar refractivity (Wildman–Crippen MR) is 116 cm³/mol. The molecule has 0 bridgehead atoms. The summed E-state index contributed by atoms with van der Waals surface area (Å²) in [6.07, 6.45) is -2.60. The fourth-order valence-corrected chi connectivity index (χ4v) is 4.67. The van der Waals surface area contributed by atoms with Crippen LogP contribution in [0, 0.1) is 0 Å². The number of thiazole rings is 1. The van der Waals surface area contributed by atoms with E-state index in [4.69, 9.17) is 0 Å². The first kappa shape index (κ1) is 23.8. The first-order valence-electron chi connectivity index (χ1n) is 9.32. The zero-order chi connectivity index (χ0) is 23.4. The minimum Gasteiger partial charge on any atom is -0.480 e. The zero-order valence-corrected chi connectivity index (χ0v) is 18.6. The second-order valence-corrected chi connectivity index (χ2v) is 9.76. The summed E-state index contributed by atoms with van der Waals surface area (Å²) in [7, 11) is 0. The van der Waals surface area contributed by atoms with E-state index < -0.39 is 17.1 Å². The van der Waals surface area contributed by atoms with Gasteiger partial charge in [-0.3, -0.25) is 4.79 Å². The fourth-order valence-electron chi connectivity index (χ4n) is 2.45. The van der Waals surface area contributed by atoms with Crippen LogP contribution >= 0.6 is 23.1 Å². The molecule has 3 rings (SSSR count). The monoisotopic (exact) mass is 484 g/mol. The molecule has 12 heteroatoms. The number of halogens is 3. The molecule has 0 saturated carbocycles. The molecule has 0 spiro atoms. The van der Waals surface area contributed by atoms with Gasteiger partial charge in [-0.1, -0.05) is 11.8 Å². The molecule has 2 N–H and O–H groups in total. The number of carbonyl (C=O) groups is 1. The molecule has 0 saturated heterocycles. The van der Waals surface area contributed by atoms with Crippen LogP contribution in [0.5, 0.6) is 5.75 Å². The van der Waals surface area contributed by atoms with E-state index in [1.165, 1.54) is 47.4 Å². The maximum Gasteiger partial charge on any atom is 0.573 e. The standard InChI is InChI=1S/C20H19F3N4O3S2/c1-19(2,16(28)29)32-18-26-13(11-31-18)7-9-24-17-25-10-8-15(27-17)12-3-5-14(6-4-12)30-20(21,22)23/h3-6,8,10-11H,7,9H2,1-2H3,(H,28,29)(H,24,25,27). The summed E-state index contributed by atoms with van der Waals surface area (Å²) in [5.74, 6) is -0.836. The Morgan fingerprint density at radius 3 is 2.56 bits per heavy atom. The molecular formula is C20H19F3N4O3S2. The van der Waals surface area contributed by atoms with Crippen molar-refractivity contribution in [2.75, 3.05) is 11.9 Å². The number of nitrogens with zero attached hydrogens (tertiary/aromatic N) is 3. The molecule has 1 aromatic carbocycles. The average molecular weight is 485 g/mol. The van der Waals surface area contributed by atoms with Gasteiger partial charge in [-0.25, -0.2) is 15.0 Å². The highest BCUT2D eigenvalue weighted by atomic mass is 32.2. The van der Waals surface area contributed by atoms with Gasteiger partial charge in [-0.05, 0) is 44.2 Å². The van der Waals surface area contributed by atoms with E-state index in [0.717, 1.165) is 5.69 Å². The summed E-state index contributed by atoms with van der Waals surface area (Å²) in [4.78, 5) is 24.2. The molecule has 32 heavy (non-hydrogen) atoms. The molecule has 7 nitrogen and oxygen atoms in total. The third kappa shape index (κ3) is 6.82. The van der Waals surface area contributed by atoms with Crippen molar-refractivity contribution in [3.05, 3.63) is 47.6 Å². The summed E-state index contributed by atoms with van der Waals surface area (Å²) in [5, 5.41) is 14.2. The Kier molecular flexibility index (Phi) is 7.24. The number of carboxylic acids is 1. The smallest absolute Gasteiger partial charge is 0.480 e. The Balaban J connectivity index is 1.56. The SMILES string of the molecule is CC(C)(Sc1nc(CCNc2nccc(-c3ccc(OC(F)(F)F)cc3)n2)cs1)C(=O)O. The Morgan fingerprint density at radius 2 is 1.91 bits per heavy atom. The first-order valence-corrected chi connectivity index (χ1v) is 11.0. The van der Waals surface area contributed by atoms with Gasteiger partial charge in [0.15, 0.2) is 4.34 Å². The summed E-state index contributed by atoms with van der Waals surface area (Å²) < 4.78 is 40.4. The largest absolute Gasteiger partial charge is 0.573 e. The van der Waals surface area contributed by atoms with Crippen LogP contribution in [0.2, 0.25) is 0 Å². The number of alkyl halides is 3. The molecular weight excluding hydrogens is 465 g/mol. The van der Waals surface area contributed by atoms with Gasteiger partial charge in [-0.2, -0.15) is 0 Å². The molecule has 0 aliphatic carbocycles. The van der Waals surface area contributed by atoms with Crippen LogP contribution in [-0.4, -0.2) is 43.7 Å². The Hall–Kier alpha value is -2.86. The molecule has 2 aromatic heterocycles. The number of thioether (sulfide) groups is 1. The quantitative estimate of drug-likeness (QED) is 0.405. The predicted octanol–water partition coefficient (Wildman–Crippen LogP) is 5.11. The highest BCUT2D eigenvalue weighted by Gasteiger charge is 2.31. The normalized spacial score (nSPS) is 11.9. The second kappa shape index (κ2) is 9.74. The van der Waals surface area contributed by atoms with E-state index in [0.29, 0.717) is 34.5 Å². The average Bonchev–Trinajstić information content (AvgIpc) is 3.14. The number of hydrogen-bond donors (Lipinski definition) is 2. The highest BCUT2D eigenvalue weighted by molar-refractivity contribution is 8.02. The Labute approximate surface area is 190 Å². The van der Waals surface area contributed by atoms with Gasteiger partial charge < -0.3 is 15.2 Å². The number of carboxylic acid groups (broad SMARTS) is 1. The third-order valence-corrected chi connectivity index (χ3v) is 6.26. The lowest BCUT2D eigenvalue weighted by Gasteiger charge is -2.15. The molecule has 0 fully saturated rings. The van der Waals surface area contributed by atoms with Gasteiger partial charge in [0.05, 0.1) is 11.4 Å². The molecule has 2 heterocycles. The summed E-state index contributed by atoms with van der Waals surface area (Å²) in [6.45, 7) is 3.76. The van der Waals surface area contributed by atoms with Crippen molar-refractivity contribution in [2.24, 2.45) is 0 Å². The highest BCUT2D eigenvalue weighted by Crippen LogP contribution is 2.34. The van der Waals surface area contributed by atoms with Crippen molar-refractivity contribution < 1.29 is 27.8 Å². The van der Waals surface area contributed by atoms with Crippen LogP contribution in [0.1, 0.15) is 19.5 Å².